The van der Waals surface area contributed by atoms with Crippen LogP contribution in [-0.2, 0) is 29.0 Å². The lowest BCUT2D eigenvalue weighted by molar-refractivity contribution is 0.0332. The predicted octanol–water partition coefficient (Wildman–Crippen LogP) is 4.17. The molecule has 2 aliphatic rings. The number of ether oxygens (including phenoxy) is 2. The van der Waals surface area contributed by atoms with Crippen molar-refractivity contribution >= 4 is 23.1 Å². The van der Waals surface area contributed by atoms with Crippen LogP contribution < -0.4 is 10.2 Å². The number of methoxy groups -OCH3 is 1. The van der Waals surface area contributed by atoms with Gasteiger partial charge in [0.2, 0.25) is 5.95 Å². The monoisotopic (exact) mass is 467 g/mol. The van der Waals surface area contributed by atoms with E-state index in [0.29, 0.717) is 63.3 Å². The highest BCUT2D eigenvalue weighted by Gasteiger charge is 2.26. The molecule has 0 aliphatic carbocycles. The van der Waals surface area contributed by atoms with Gasteiger partial charge in [-0.3, -0.25) is 4.90 Å². The summed E-state index contributed by atoms with van der Waals surface area (Å²) in [6, 6.07) is 10.6. The summed E-state index contributed by atoms with van der Waals surface area (Å²) in [5, 5.41) is 3.20. The van der Waals surface area contributed by atoms with E-state index in [0.717, 1.165) is 16.8 Å². The Morgan fingerprint density at radius 1 is 1.06 bits per heavy atom. The van der Waals surface area contributed by atoms with Crippen LogP contribution in [0.5, 0.6) is 0 Å². The van der Waals surface area contributed by atoms with Crippen LogP contribution in [0.3, 0.4) is 0 Å². The Bertz CT molecular complexity index is 1130. The van der Waals surface area contributed by atoms with Gasteiger partial charge in [0.25, 0.3) is 0 Å². The molecule has 0 saturated carbocycles. The third-order valence-electron chi connectivity index (χ3n) is 6.15. The van der Waals surface area contributed by atoms with Crippen LogP contribution in [0.15, 0.2) is 42.6 Å². The number of fused-ring (bicyclic) bond motifs is 1. The summed E-state index contributed by atoms with van der Waals surface area (Å²) >= 11 is 0. The van der Waals surface area contributed by atoms with Crippen LogP contribution in [0.2, 0.25) is 0 Å². The standard InChI is InChI=1S/C25H27F2N5O2/c1-33-16-17-2-4-19(5-3-17)29-25-28-14-18-6-7-32(24(18)30-25)20-12-22(26)21(23(27)13-20)15-31-8-10-34-11-9-31/h2-5,12-14H,6-11,15-16H2,1H3,(H,28,29,30). The van der Waals surface area contributed by atoms with Crippen LogP contribution in [0.1, 0.15) is 16.7 Å². The maximum atomic E-state index is 15.0. The van der Waals surface area contributed by atoms with Crippen LogP contribution in [0, 0.1) is 11.6 Å². The zero-order valence-electron chi connectivity index (χ0n) is 19.1. The minimum atomic E-state index is -0.543. The van der Waals surface area contributed by atoms with E-state index in [1.165, 1.54) is 12.1 Å². The van der Waals surface area contributed by atoms with Crippen molar-refractivity contribution in [2.75, 3.05) is 50.2 Å². The van der Waals surface area contributed by atoms with E-state index in [-0.39, 0.29) is 12.1 Å². The molecule has 34 heavy (non-hydrogen) atoms. The maximum absolute atomic E-state index is 15.0. The summed E-state index contributed by atoms with van der Waals surface area (Å²) in [5.41, 5.74) is 3.39. The number of nitrogens with zero attached hydrogens (tertiary/aromatic N) is 4. The quantitative estimate of drug-likeness (QED) is 0.560. The number of anilines is 4. The number of aromatic nitrogens is 2. The fourth-order valence-corrected chi connectivity index (χ4v) is 4.32. The molecule has 2 aliphatic heterocycles. The molecule has 1 fully saturated rings. The number of nitrogens with one attached hydrogen (secondary N) is 1. The van der Waals surface area contributed by atoms with Crippen molar-refractivity contribution in [1.29, 1.82) is 0 Å². The number of hydrogen-bond acceptors (Lipinski definition) is 7. The summed E-state index contributed by atoms with van der Waals surface area (Å²) in [4.78, 5) is 12.9. The zero-order valence-corrected chi connectivity index (χ0v) is 19.1. The second-order valence-electron chi connectivity index (χ2n) is 8.48. The third kappa shape index (κ3) is 4.86. The third-order valence-corrected chi connectivity index (χ3v) is 6.15. The van der Waals surface area contributed by atoms with Gasteiger partial charge in [-0.15, -0.1) is 0 Å². The molecular formula is C25H27F2N5O2. The highest BCUT2D eigenvalue weighted by atomic mass is 19.1. The number of rotatable bonds is 7. The SMILES string of the molecule is COCc1ccc(Nc2ncc3c(n2)N(c2cc(F)c(CN4CCOCC4)c(F)c2)CC3)cc1. The van der Waals surface area contributed by atoms with Gasteiger partial charge in [0, 0.05) is 62.0 Å². The lowest BCUT2D eigenvalue weighted by Gasteiger charge is -2.27. The van der Waals surface area contributed by atoms with Gasteiger partial charge in [-0.1, -0.05) is 12.1 Å². The Hall–Kier alpha value is -3.14. The average molecular weight is 468 g/mol. The number of halogens is 2. The van der Waals surface area contributed by atoms with Gasteiger partial charge in [-0.05, 0) is 36.2 Å². The first-order valence-corrected chi connectivity index (χ1v) is 11.4. The van der Waals surface area contributed by atoms with Crippen molar-refractivity contribution in [2.45, 2.75) is 19.6 Å². The molecule has 9 heteroatoms. The van der Waals surface area contributed by atoms with E-state index in [1.54, 1.807) is 13.3 Å². The molecule has 0 bridgehead atoms. The average Bonchev–Trinajstić information content (AvgIpc) is 3.27. The molecule has 1 N–H and O–H groups in total. The van der Waals surface area contributed by atoms with Gasteiger partial charge in [-0.2, -0.15) is 4.98 Å². The van der Waals surface area contributed by atoms with Crippen molar-refractivity contribution in [3.05, 3.63) is 70.9 Å². The molecule has 2 aromatic carbocycles. The van der Waals surface area contributed by atoms with E-state index in [2.05, 4.69) is 15.3 Å². The van der Waals surface area contributed by atoms with Gasteiger partial charge in [0.15, 0.2) is 0 Å². The molecule has 5 rings (SSSR count). The Morgan fingerprint density at radius 3 is 2.50 bits per heavy atom. The molecule has 178 valence electrons. The smallest absolute Gasteiger partial charge is 0.229 e. The molecule has 1 saturated heterocycles. The molecule has 0 atom stereocenters. The Morgan fingerprint density at radius 2 is 1.79 bits per heavy atom. The summed E-state index contributed by atoms with van der Waals surface area (Å²) in [6.45, 7) is 3.86. The Kier molecular flexibility index (Phi) is 6.66. The van der Waals surface area contributed by atoms with Crippen LogP contribution in [-0.4, -0.2) is 54.8 Å². The predicted molar refractivity (Wildman–Crippen MR) is 126 cm³/mol. The van der Waals surface area contributed by atoms with Crippen molar-refractivity contribution < 1.29 is 18.3 Å². The van der Waals surface area contributed by atoms with Crippen molar-refractivity contribution in [1.82, 2.24) is 14.9 Å². The molecule has 3 aromatic rings. The number of morpholine rings is 1. The first-order valence-electron chi connectivity index (χ1n) is 11.4. The number of hydrogen-bond donors (Lipinski definition) is 1. The molecule has 1 aromatic heterocycles. The Labute approximate surface area is 197 Å². The molecular weight excluding hydrogens is 440 g/mol. The van der Waals surface area contributed by atoms with Crippen molar-refractivity contribution in [3.8, 4) is 0 Å². The minimum absolute atomic E-state index is 0.0898. The molecule has 7 nitrogen and oxygen atoms in total. The van der Waals surface area contributed by atoms with Crippen LogP contribution in [0.4, 0.5) is 31.9 Å². The van der Waals surface area contributed by atoms with Gasteiger partial charge < -0.3 is 19.7 Å². The lowest BCUT2D eigenvalue weighted by Crippen LogP contribution is -2.36. The van der Waals surface area contributed by atoms with E-state index < -0.39 is 11.6 Å². The largest absolute Gasteiger partial charge is 0.380 e. The molecule has 0 amide bonds. The van der Waals surface area contributed by atoms with Crippen LogP contribution >= 0.6 is 0 Å². The van der Waals surface area contributed by atoms with E-state index in [4.69, 9.17) is 9.47 Å². The minimum Gasteiger partial charge on any atom is -0.380 e. The fourth-order valence-electron chi connectivity index (χ4n) is 4.32. The second kappa shape index (κ2) is 10.0. The second-order valence-corrected chi connectivity index (χ2v) is 8.48. The highest BCUT2D eigenvalue weighted by Crippen LogP contribution is 2.35. The van der Waals surface area contributed by atoms with E-state index in [9.17, 15) is 8.78 Å². The molecule has 3 heterocycles. The van der Waals surface area contributed by atoms with E-state index >= 15 is 0 Å². The maximum Gasteiger partial charge on any atom is 0.229 e. The number of benzene rings is 2. The summed E-state index contributed by atoms with van der Waals surface area (Å²) < 4.78 is 40.4. The molecule has 0 spiro atoms. The highest BCUT2D eigenvalue weighted by molar-refractivity contribution is 5.68. The molecule has 0 radical (unpaired) electrons. The first kappa shape index (κ1) is 22.6. The van der Waals surface area contributed by atoms with Gasteiger partial charge in [0.1, 0.15) is 17.5 Å². The normalized spacial score (nSPS) is 16.0. The zero-order chi connectivity index (χ0) is 23.5. The van der Waals surface area contributed by atoms with Gasteiger partial charge in [0.05, 0.1) is 19.8 Å². The summed E-state index contributed by atoms with van der Waals surface area (Å²) in [6.07, 6.45) is 2.48. The summed E-state index contributed by atoms with van der Waals surface area (Å²) in [5.74, 6) is 0.000227. The first-order chi connectivity index (χ1) is 16.6. The molecule has 0 unspecified atom stereocenters. The van der Waals surface area contributed by atoms with Gasteiger partial charge in [-0.25, -0.2) is 13.8 Å². The lowest BCUT2D eigenvalue weighted by atomic mass is 10.1. The topological polar surface area (TPSA) is 62.8 Å². The van der Waals surface area contributed by atoms with Crippen molar-refractivity contribution in [2.24, 2.45) is 0 Å². The Balaban J connectivity index is 1.35. The summed E-state index contributed by atoms with van der Waals surface area (Å²) in [7, 11) is 1.66. The van der Waals surface area contributed by atoms with Crippen molar-refractivity contribution in [3.63, 3.8) is 0 Å². The fraction of sp³-hybridized carbons (Fsp3) is 0.360. The van der Waals surface area contributed by atoms with Gasteiger partial charge >= 0.3 is 0 Å². The van der Waals surface area contributed by atoms with Crippen LogP contribution in [0.25, 0.3) is 0 Å². The van der Waals surface area contributed by atoms with E-state index in [1.807, 2.05) is 34.1 Å².